The Morgan fingerprint density at radius 3 is 2.30 bits per heavy atom. The molecule has 0 aliphatic heterocycles. The normalized spacial score (nSPS) is 13.2. The van der Waals surface area contributed by atoms with Gasteiger partial charge in [0.25, 0.3) is 0 Å². The van der Waals surface area contributed by atoms with Crippen LogP contribution in [0.2, 0.25) is 0 Å². The van der Waals surface area contributed by atoms with Gasteiger partial charge in [0.15, 0.2) is 0 Å². The number of benzene rings is 1. The van der Waals surface area contributed by atoms with Crippen molar-refractivity contribution in [1.82, 2.24) is 15.5 Å². The molecule has 1 aromatic rings. The number of unbranched alkanes of at least 4 members (excludes halogenated alkanes) is 2. The Morgan fingerprint density at radius 1 is 1.11 bits per heavy atom. The fourth-order valence-corrected chi connectivity index (χ4v) is 4.27. The Hall–Kier alpha value is -2.66. The molecule has 0 spiro atoms. The van der Waals surface area contributed by atoms with Crippen LogP contribution >= 0.6 is 11.8 Å². The molecule has 0 aromatic heterocycles. The smallest absolute Gasteiger partial charge is 0.408 e. The molecule has 1 rings (SSSR count). The molecule has 0 saturated heterocycles. The summed E-state index contributed by atoms with van der Waals surface area (Å²) in [5.74, 6) is 2.66. The highest BCUT2D eigenvalue weighted by Crippen LogP contribution is 2.27. The highest BCUT2D eigenvalue weighted by Gasteiger charge is 2.37. The number of alkyl carbamates (subject to hydrolysis) is 1. The topological polar surface area (TPSA) is 87.7 Å². The highest BCUT2D eigenvalue weighted by molar-refractivity contribution is 7.98. The zero-order chi connectivity index (χ0) is 28.2. The number of nitrogens with zero attached hydrogens (tertiary/aromatic N) is 1. The molecule has 3 amide bonds. The second-order valence-corrected chi connectivity index (χ2v) is 12.1. The van der Waals surface area contributed by atoms with Crippen molar-refractivity contribution >= 4 is 29.7 Å². The molecular weight excluding hydrogens is 486 g/mol. The van der Waals surface area contributed by atoms with Crippen LogP contribution in [0.15, 0.2) is 24.3 Å². The van der Waals surface area contributed by atoms with Gasteiger partial charge in [-0.15, -0.1) is 6.42 Å². The van der Waals surface area contributed by atoms with Gasteiger partial charge in [0, 0.05) is 17.6 Å². The molecule has 0 aliphatic rings. The molecule has 0 aliphatic carbocycles. The number of hydrogen-bond donors (Lipinski definition) is 2. The van der Waals surface area contributed by atoms with Crippen LogP contribution < -0.4 is 10.6 Å². The summed E-state index contributed by atoms with van der Waals surface area (Å²) in [4.78, 5) is 42.1. The Kier molecular flexibility index (Phi) is 13.1. The SMILES string of the molecule is C#Cc1ccccc1C(C(=O)NC(C)(C)C)N(CCCCC)C(=O)C(CCSC)NC(=O)OC(C)(C)C. The Balaban J connectivity index is 3.58. The quantitative estimate of drug-likeness (QED) is 0.283. The Bertz CT molecular complexity index is 944. The van der Waals surface area contributed by atoms with Gasteiger partial charge in [-0.3, -0.25) is 9.59 Å². The lowest BCUT2D eigenvalue weighted by Crippen LogP contribution is -2.55. The fourth-order valence-electron chi connectivity index (χ4n) is 3.80. The lowest BCUT2D eigenvalue weighted by atomic mass is 9.96. The molecule has 0 heterocycles. The minimum atomic E-state index is -0.951. The van der Waals surface area contributed by atoms with Gasteiger partial charge < -0.3 is 20.3 Å². The standard InChI is InChI=1S/C29H45N3O4S/c1-10-12-15-19-32(26(34)23(18-20-37-9)30-27(35)36-29(6,7)8)24(25(33)31-28(3,4)5)22-17-14-13-16-21(22)11-2/h2,13-14,16-17,23-24H,10,12,15,18-20H2,1,3-9H3,(H,30,35)(H,31,33). The van der Waals surface area contributed by atoms with Gasteiger partial charge in [-0.25, -0.2) is 4.79 Å². The van der Waals surface area contributed by atoms with Gasteiger partial charge in [-0.05, 0) is 78.0 Å². The van der Waals surface area contributed by atoms with Crippen molar-refractivity contribution in [1.29, 1.82) is 0 Å². The number of ether oxygens (including phenoxy) is 1. The van der Waals surface area contributed by atoms with Crippen molar-refractivity contribution in [3.63, 3.8) is 0 Å². The van der Waals surface area contributed by atoms with Gasteiger partial charge in [0.2, 0.25) is 11.8 Å². The zero-order valence-electron chi connectivity index (χ0n) is 23.8. The van der Waals surface area contributed by atoms with E-state index < -0.39 is 29.3 Å². The van der Waals surface area contributed by atoms with Crippen molar-refractivity contribution in [3.8, 4) is 12.3 Å². The van der Waals surface area contributed by atoms with E-state index in [0.29, 0.717) is 36.3 Å². The molecule has 8 heteroatoms. The lowest BCUT2D eigenvalue weighted by molar-refractivity contribution is -0.143. The number of hydrogen-bond acceptors (Lipinski definition) is 5. The zero-order valence-corrected chi connectivity index (χ0v) is 24.6. The van der Waals surface area contributed by atoms with Gasteiger partial charge in [-0.2, -0.15) is 11.8 Å². The minimum Gasteiger partial charge on any atom is -0.444 e. The number of amides is 3. The number of thioether (sulfide) groups is 1. The fraction of sp³-hybridized carbons (Fsp3) is 0.621. The van der Waals surface area contributed by atoms with Crippen molar-refractivity contribution in [2.24, 2.45) is 0 Å². The molecule has 0 bridgehead atoms. The maximum atomic E-state index is 14.1. The summed E-state index contributed by atoms with van der Waals surface area (Å²) in [6, 6.07) is 5.38. The predicted molar refractivity (Wildman–Crippen MR) is 152 cm³/mol. The molecule has 0 saturated carbocycles. The van der Waals surface area contributed by atoms with E-state index >= 15 is 0 Å². The molecule has 206 valence electrons. The first-order valence-corrected chi connectivity index (χ1v) is 14.3. The van der Waals surface area contributed by atoms with E-state index in [1.165, 1.54) is 0 Å². The van der Waals surface area contributed by atoms with Crippen molar-refractivity contribution in [2.45, 2.75) is 97.4 Å². The Morgan fingerprint density at radius 2 is 1.76 bits per heavy atom. The monoisotopic (exact) mass is 531 g/mol. The second kappa shape index (κ2) is 14.9. The van der Waals surface area contributed by atoms with Crippen LogP contribution in [-0.4, -0.2) is 58.5 Å². The van der Waals surface area contributed by atoms with Crippen LogP contribution in [0.3, 0.4) is 0 Å². The molecule has 1 aromatic carbocycles. The van der Waals surface area contributed by atoms with Crippen LogP contribution in [0, 0.1) is 12.3 Å². The second-order valence-electron chi connectivity index (χ2n) is 11.1. The van der Waals surface area contributed by atoms with Gasteiger partial charge in [0.05, 0.1) is 0 Å². The average Bonchev–Trinajstić information content (AvgIpc) is 2.78. The third-order valence-corrected chi connectivity index (χ3v) is 6.00. The van der Waals surface area contributed by atoms with E-state index in [9.17, 15) is 14.4 Å². The minimum absolute atomic E-state index is 0.319. The average molecular weight is 532 g/mol. The van der Waals surface area contributed by atoms with E-state index in [0.717, 1.165) is 12.8 Å². The molecule has 37 heavy (non-hydrogen) atoms. The highest BCUT2D eigenvalue weighted by atomic mass is 32.2. The third-order valence-electron chi connectivity index (χ3n) is 5.35. The summed E-state index contributed by atoms with van der Waals surface area (Å²) in [7, 11) is 0. The molecule has 7 nitrogen and oxygen atoms in total. The van der Waals surface area contributed by atoms with Gasteiger partial charge in [-0.1, -0.05) is 43.9 Å². The predicted octanol–water partition coefficient (Wildman–Crippen LogP) is 5.29. The first-order valence-electron chi connectivity index (χ1n) is 12.9. The Labute approximate surface area is 227 Å². The van der Waals surface area contributed by atoms with Crippen LogP contribution in [-0.2, 0) is 14.3 Å². The van der Waals surface area contributed by atoms with E-state index in [2.05, 4.69) is 23.5 Å². The van der Waals surface area contributed by atoms with Gasteiger partial charge >= 0.3 is 6.09 Å². The molecule has 2 unspecified atom stereocenters. The molecule has 0 radical (unpaired) electrons. The molecule has 2 atom stereocenters. The number of carbonyl (C=O) groups is 3. The maximum absolute atomic E-state index is 14.1. The van der Waals surface area contributed by atoms with E-state index in [1.54, 1.807) is 49.6 Å². The van der Waals surface area contributed by atoms with Crippen LogP contribution in [0.5, 0.6) is 0 Å². The summed E-state index contributed by atoms with van der Waals surface area (Å²) >= 11 is 1.58. The summed E-state index contributed by atoms with van der Waals surface area (Å²) in [6.07, 6.45) is 10.0. The molecular formula is C29H45N3O4S. The molecule has 2 N–H and O–H groups in total. The summed E-state index contributed by atoms with van der Waals surface area (Å²) in [5.41, 5.74) is -0.104. The third kappa shape index (κ3) is 11.5. The van der Waals surface area contributed by atoms with Crippen molar-refractivity contribution < 1.29 is 19.1 Å². The molecule has 0 fully saturated rings. The summed E-state index contributed by atoms with van der Waals surface area (Å²) < 4.78 is 5.44. The van der Waals surface area contributed by atoms with Gasteiger partial charge in [0.1, 0.15) is 17.7 Å². The van der Waals surface area contributed by atoms with E-state index in [1.807, 2.05) is 39.2 Å². The lowest BCUT2D eigenvalue weighted by Gasteiger charge is -2.36. The largest absolute Gasteiger partial charge is 0.444 e. The number of nitrogens with one attached hydrogen (secondary N) is 2. The number of terminal acetylenes is 1. The maximum Gasteiger partial charge on any atom is 0.408 e. The first-order chi connectivity index (χ1) is 17.2. The van der Waals surface area contributed by atoms with E-state index in [-0.39, 0.29) is 11.8 Å². The van der Waals surface area contributed by atoms with Crippen molar-refractivity contribution in [2.75, 3.05) is 18.6 Å². The van der Waals surface area contributed by atoms with Crippen LogP contribution in [0.25, 0.3) is 0 Å². The number of carbonyl (C=O) groups excluding carboxylic acids is 3. The summed E-state index contributed by atoms with van der Waals surface area (Å²) in [5, 5.41) is 5.79. The van der Waals surface area contributed by atoms with E-state index in [4.69, 9.17) is 11.2 Å². The number of rotatable bonds is 12. The van der Waals surface area contributed by atoms with Crippen LogP contribution in [0.4, 0.5) is 4.79 Å². The summed E-state index contributed by atoms with van der Waals surface area (Å²) in [6.45, 7) is 13.4. The van der Waals surface area contributed by atoms with Crippen LogP contribution in [0.1, 0.15) is 91.3 Å². The first kappa shape index (κ1) is 32.4. The van der Waals surface area contributed by atoms with Crippen molar-refractivity contribution in [3.05, 3.63) is 35.4 Å².